The van der Waals surface area contributed by atoms with Crippen LogP contribution in [0.5, 0.6) is 0 Å². The number of carbonyl (C=O) groups excluding carboxylic acids is 6. The number of esters is 1. The van der Waals surface area contributed by atoms with Gasteiger partial charge in [0.25, 0.3) is 0 Å². The van der Waals surface area contributed by atoms with Crippen LogP contribution in [0.4, 0.5) is 4.79 Å². The zero-order valence-electron chi connectivity index (χ0n) is 39.3. The van der Waals surface area contributed by atoms with Gasteiger partial charge in [-0.05, 0) is 92.3 Å². The van der Waals surface area contributed by atoms with Gasteiger partial charge in [0.1, 0.15) is 46.4 Å². The molecule has 0 aliphatic rings. The van der Waals surface area contributed by atoms with Gasteiger partial charge in [-0.25, -0.2) is 9.78 Å². The minimum atomic E-state index is -1.72. The summed E-state index contributed by atoms with van der Waals surface area (Å²) in [5.74, 6) is -5.28. The third-order valence-corrected chi connectivity index (χ3v) is 10.1. The number of ether oxygens (including phenoxy) is 2. The molecular formula is C49H63N7O10. The van der Waals surface area contributed by atoms with Crippen LogP contribution in [0.2, 0.25) is 0 Å². The van der Waals surface area contributed by atoms with Crippen molar-refractivity contribution in [2.24, 2.45) is 0 Å². The molecule has 354 valence electrons. The highest BCUT2D eigenvalue weighted by Crippen LogP contribution is 2.40. The van der Waals surface area contributed by atoms with Gasteiger partial charge in [-0.3, -0.25) is 28.8 Å². The zero-order valence-corrected chi connectivity index (χ0v) is 39.3. The van der Waals surface area contributed by atoms with Crippen LogP contribution in [0, 0.1) is 0 Å². The Morgan fingerprint density at radius 1 is 0.621 bits per heavy atom. The molecule has 1 heterocycles. The predicted molar refractivity (Wildman–Crippen MR) is 246 cm³/mol. The van der Waals surface area contributed by atoms with Crippen LogP contribution in [0.1, 0.15) is 104 Å². The van der Waals surface area contributed by atoms with E-state index >= 15 is 0 Å². The predicted octanol–water partition coefficient (Wildman–Crippen LogP) is 4.76. The lowest BCUT2D eigenvalue weighted by Crippen LogP contribution is -2.65. The number of alkyl carbamates (subject to hydrolysis) is 1. The summed E-state index contributed by atoms with van der Waals surface area (Å²) in [7, 11) is 0. The molecule has 4 rings (SSSR count). The van der Waals surface area contributed by atoms with Crippen LogP contribution >= 0.6 is 0 Å². The number of amides is 5. The first-order valence-corrected chi connectivity index (χ1v) is 21.6. The Bertz CT molecular complexity index is 2240. The number of aromatic nitrogens is 2. The molecule has 17 heteroatoms. The number of hydrogen-bond donors (Lipinski definition) is 6. The van der Waals surface area contributed by atoms with Crippen molar-refractivity contribution >= 4 is 41.7 Å². The molecule has 6 N–H and O–H groups in total. The fourth-order valence-electron chi connectivity index (χ4n) is 7.00. The van der Waals surface area contributed by atoms with Crippen molar-refractivity contribution < 1.29 is 48.1 Å². The largest absolute Gasteiger partial charge is 0.480 e. The first kappa shape index (κ1) is 51.6. The highest BCUT2D eigenvalue weighted by Gasteiger charge is 2.41. The molecule has 1 aromatic heterocycles. The maximum atomic E-state index is 14.3. The summed E-state index contributed by atoms with van der Waals surface area (Å²) < 4.78 is 12.8. The molecule has 0 radical (unpaired) electrons. The third-order valence-electron chi connectivity index (χ3n) is 10.1. The molecule has 0 bridgehead atoms. The molecule has 0 aliphatic carbocycles. The normalized spacial score (nSPS) is 13.0. The van der Waals surface area contributed by atoms with E-state index in [-0.39, 0.29) is 19.3 Å². The van der Waals surface area contributed by atoms with Crippen molar-refractivity contribution in [3.63, 3.8) is 0 Å². The number of rotatable bonds is 19. The Morgan fingerprint density at radius 3 is 1.58 bits per heavy atom. The van der Waals surface area contributed by atoms with Crippen molar-refractivity contribution in [1.29, 1.82) is 0 Å². The minimum Gasteiger partial charge on any atom is -0.480 e. The van der Waals surface area contributed by atoms with E-state index in [1.54, 1.807) is 47.9 Å². The van der Waals surface area contributed by atoms with Gasteiger partial charge in [-0.15, -0.1) is 0 Å². The fourth-order valence-corrected chi connectivity index (χ4v) is 7.00. The van der Waals surface area contributed by atoms with Crippen LogP contribution in [0.25, 0.3) is 0 Å². The van der Waals surface area contributed by atoms with E-state index in [1.807, 2.05) is 102 Å². The van der Waals surface area contributed by atoms with Crippen molar-refractivity contribution in [1.82, 2.24) is 36.1 Å². The van der Waals surface area contributed by atoms with Crippen LogP contribution in [0.15, 0.2) is 104 Å². The van der Waals surface area contributed by atoms with Crippen LogP contribution in [-0.2, 0) is 50.2 Å². The molecule has 2 atom stereocenters. The van der Waals surface area contributed by atoms with Gasteiger partial charge in [0.05, 0.1) is 12.0 Å². The molecule has 17 nitrogen and oxygen atoms in total. The number of benzene rings is 3. The third kappa shape index (κ3) is 14.2. The monoisotopic (exact) mass is 909 g/mol. The highest BCUT2D eigenvalue weighted by atomic mass is 16.6. The van der Waals surface area contributed by atoms with Gasteiger partial charge < -0.3 is 45.7 Å². The lowest BCUT2D eigenvalue weighted by Gasteiger charge is -2.37. The smallest absolute Gasteiger partial charge is 0.408 e. The standard InChI is InChI=1S/C49H63N7O10/c1-45(2,3)65-39(59)27-26-36(40(60)50-29-38(57)58)52-42(62)47(7,8)55-43(63)48(9,10)54-41(61)37(53-44(64)66-46(4,5)6)28-35-30-56(31-51-35)49(32-20-14-11-15-21-32,33-22-16-12-17-23-33)34-24-18-13-19-25-34/h11-25,30-31,36-37H,26-29H2,1-10H3,(H,50,60)(H,52,62)(H,53,64)(H,54,61)(H,55,63)(H,57,58)/t36-,37-/m0/s1. The topological polar surface area (TPSA) is 236 Å². The van der Waals surface area contributed by atoms with Crippen molar-refractivity contribution in [3.8, 4) is 0 Å². The molecular weight excluding hydrogens is 847 g/mol. The number of hydrogen-bond acceptors (Lipinski definition) is 10. The Kier molecular flexibility index (Phi) is 16.7. The second-order valence-electron chi connectivity index (χ2n) is 18.9. The van der Waals surface area contributed by atoms with Crippen LogP contribution < -0.4 is 26.6 Å². The molecule has 0 spiro atoms. The van der Waals surface area contributed by atoms with E-state index in [4.69, 9.17) is 19.6 Å². The maximum absolute atomic E-state index is 14.3. The number of nitrogens with one attached hydrogen (secondary N) is 5. The van der Waals surface area contributed by atoms with E-state index in [2.05, 4.69) is 26.6 Å². The van der Waals surface area contributed by atoms with Crippen molar-refractivity contribution in [3.05, 3.63) is 126 Å². The lowest BCUT2D eigenvalue weighted by molar-refractivity contribution is -0.155. The molecule has 3 aromatic carbocycles. The first-order valence-electron chi connectivity index (χ1n) is 21.6. The van der Waals surface area contributed by atoms with E-state index in [0.29, 0.717) is 5.69 Å². The summed E-state index contributed by atoms with van der Waals surface area (Å²) in [6.45, 7) is 14.8. The molecule has 0 unspecified atom stereocenters. The molecule has 66 heavy (non-hydrogen) atoms. The number of carbonyl (C=O) groups is 7. The Balaban J connectivity index is 1.60. The van der Waals surface area contributed by atoms with Crippen molar-refractivity contribution in [2.75, 3.05) is 6.54 Å². The fraction of sp³-hybridized carbons (Fsp3) is 0.429. The van der Waals surface area contributed by atoms with Gasteiger partial charge in [0, 0.05) is 19.0 Å². The van der Waals surface area contributed by atoms with Gasteiger partial charge in [-0.2, -0.15) is 0 Å². The summed E-state index contributed by atoms with van der Waals surface area (Å²) in [6.07, 6.45) is 1.93. The number of nitrogens with zero attached hydrogens (tertiary/aromatic N) is 2. The molecule has 5 amide bonds. The van der Waals surface area contributed by atoms with Gasteiger partial charge in [0.2, 0.25) is 23.6 Å². The average molecular weight is 910 g/mol. The summed E-state index contributed by atoms with van der Waals surface area (Å²) in [5.41, 5.74) is -2.83. The average Bonchev–Trinajstić information content (AvgIpc) is 3.69. The van der Waals surface area contributed by atoms with E-state index in [0.717, 1.165) is 16.7 Å². The number of imidazole rings is 1. The highest BCUT2D eigenvalue weighted by molar-refractivity contribution is 5.98. The quantitative estimate of drug-likeness (QED) is 0.0555. The first-order chi connectivity index (χ1) is 30.7. The second kappa shape index (κ2) is 21.3. The van der Waals surface area contributed by atoms with Gasteiger partial charge in [0.15, 0.2) is 0 Å². The SMILES string of the molecule is CC(C)(C)OC(=O)CC[C@H](NC(=O)C(C)(C)NC(=O)C(C)(C)NC(=O)[C@H](Cc1cn(C(c2ccccc2)(c2ccccc2)c2ccccc2)cn1)NC(=O)OC(C)(C)C)C(=O)NCC(=O)O. The van der Waals surface area contributed by atoms with Crippen LogP contribution in [-0.4, -0.2) is 97.2 Å². The van der Waals surface area contributed by atoms with Crippen LogP contribution in [0.3, 0.4) is 0 Å². The molecule has 0 saturated carbocycles. The lowest BCUT2D eigenvalue weighted by atomic mass is 9.77. The Labute approximate surface area is 385 Å². The van der Waals surface area contributed by atoms with E-state index < -0.39 is 88.1 Å². The number of carboxylic acids is 1. The van der Waals surface area contributed by atoms with E-state index in [9.17, 15) is 33.6 Å². The van der Waals surface area contributed by atoms with E-state index in [1.165, 1.54) is 27.7 Å². The zero-order chi connectivity index (χ0) is 49.1. The molecule has 0 aliphatic heterocycles. The Morgan fingerprint density at radius 2 is 1.11 bits per heavy atom. The minimum absolute atomic E-state index is 0.132. The summed E-state index contributed by atoms with van der Waals surface area (Å²) in [4.78, 5) is 96.5. The summed E-state index contributed by atoms with van der Waals surface area (Å²) in [5, 5.41) is 21.8. The number of aliphatic carboxylic acids is 1. The second-order valence-corrected chi connectivity index (χ2v) is 18.9. The van der Waals surface area contributed by atoms with Crippen molar-refractivity contribution in [2.45, 2.75) is 128 Å². The number of carboxylic acid groups (broad SMARTS) is 1. The molecule has 0 fully saturated rings. The molecule has 4 aromatic rings. The van der Waals surface area contributed by atoms with Gasteiger partial charge >= 0.3 is 18.0 Å². The molecule has 0 saturated heterocycles. The Hall–Kier alpha value is -7.04. The maximum Gasteiger partial charge on any atom is 0.408 e. The summed E-state index contributed by atoms with van der Waals surface area (Å²) in [6, 6.07) is 27.0. The summed E-state index contributed by atoms with van der Waals surface area (Å²) >= 11 is 0. The van der Waals surface area contributed by atoms with Gasteiger partial charge in [-0.1, -0.05) is 91.0 Å².